The van der Waals surface area contributed by atoms with Crippen LogP contribution in [0.4, 0.5) is 5.69 Å². The molecule has 1 heterocycles. The maximum absolute atomic E-state index is 11.0. The van der Waals surface area contributed by atoms with Crippen LogP contribution in [0.1, 0.15) is 23.0 Å². The van der Waals surface area contributed by atoms with Crippen molar-refractivity contribution in [1.82, 2.24) is 4.57 Å². The van der Waals surface area contributed by atoms with Gasteiger partial charge in [0.25, 0.3) is 0 Å². The molecule has 19 heavy (non-hydrogen) atoms. The molecule has 1 aromatic heterocycles. The summed E-state index contributed by atoms with van der Waals surface area (Å²) in [5, 5.41) is 11.7. The van der Waals surface area contributed by atoms with Crippen LogP contribution in [0.5, 0.6) is 0 Å². The van der Waals surface area contributed by atoms with Gasteiger partial charge in [-0.1, -0.05) is 12.1 Å². The van der Waals surface area contributed by atoms with Crippen LogP contribution in [0.3, 0.4) is 0 Å². The lowest BCUT2D eigenvalue weighted by Gasteiger charge is -2.08. The van der Waals surface area contributed by atoms with Crippen molar-refractivity contribution in [2.75, 3.05) is 5.32 Å². The van der Waals surface area contributed by atoms with Crippen LogP contribution < -0.4 is 5.32 Å². The molecule has 1 amide bonds. The van der Waals surface area contributed by atoms with Crippen molar-refractivity contribution in [2.45, 2.75) is 13.5 Å². The average molecular weight is 258 g/mol. The van der Waals surface area contributed by atoms with Crippen LogP contribution in [0.25, 0.3) is 0 Å². The number of anilines is 1. The zero-order valence-corrected chi connectivity index (χ0v) is 10.5. The van der Waals surface area contributed by atoms with E-state index in [9.17, 15) is 9.59 Å². The molecule has 0 aliphatic rings. The lowest BCUT2D eigenvalue weighted by Crippen LogP contribution is -2.09. The van der Waals surface area contributed by atoms with Gasteiger partial charge < -0.3 is 15.0 Å². The zero-order valence-electron chi connectivity index (χ0n) is 10.5. The smallest absolute Gasteiger partial charge is 0.352 e. The Morgan fingerprint density at radius 1 is 1.21 bits per heavy atom. The molecule has 1 aromatic carbocycles. The van der Waals surface area contributed by atoms with E-state index in [1.807, 2.05) is 12.1 Å². The third-order valence-corrected chi connectivity index (χ3v) is 2.68. The Morgan fingerprint density at radius 3 is 2.47 bits per heavy atom. The Morgan fingerprint density at radius 2 is 1.89 bits per heavy atom. The number of benzene rings is 1. The minimum atomic E-state index is -0.945. The van der Waals surface area contributed by atoms with Crippen molar-refractivity contribution in [2.24, 2.45) is 0 Å². The minimum Gasteiger partial charge on any atom is -0.477 e. The molecule has 98 valence electrons. The van der Waals surface area contributed by atoms with E-state index in [0.717, 1.165) is 11.3 Å². The molecule has 0 radical (unpaired) electrons. The van der Waals surface area contributed by atoms with E-state index in [2.05, 4.69) is 5.32 Å². The van der Waals surface area contributed by atoms with Crippen molar-refractivity contribution in [1.29, 1.82) is 0 Å². The lowest BCUT2D eigenvalue weighted by molar-refractivity contribution is -0.114. The molecule has 2 aromatic rings. The Labute approximate surface area is 110 Å². The maximum Gasteiger partial charge on any atom is 0.352 e. The third kappa shape index (κ3) is 3.22. The Kier molecular flexibility index (Phi) is 3.66. The summed E-state index contributed by atoms with van der Waals surface area (Å²) in [4.78, 5) is 21.9. The van der Waals surface area contributed by atoms with Crippen LogP contribution in [0, 0.1) is 0 Å². The number of nitrogens with zero attached hydrogens (tertiary/aromatic N) is 1. The highest BCUT2D eigenvalue weighted by Gasteiger charge is 2.08. The number of hydrogen-bond acceptors (Lipinski definition) is 2. The van der Waals surface area contributed by atoms with Gasteiger partial charge in [-0.25, -0.2) is 4.79 Å². The standard InChI is InChI=1S/C14H14N2O3/c1-10(17)15-12-6-4-11(5-7-12)9-16-8-2-3-13(16)14(18)19/h2-8H,9H2,1H3,(H,15,17)(H,18,19). The molecule has 0 fully saturated rings. The summed E-state index contributed by atoms with van der Waals surface area (Å²) < 4.78 is 1.66. The fraction of sp³-hybridized carbons (Fsp3) is 0.143. The summed E-state index contributed by atoms with van der Waals surface area (Å²) >= 11 is 0. The van der Waals surface area contributed by atoms with Crippen molar-refractivity contribution in [3.63, 3.8) is 0 Å². The minimum absolute atomic E-state index is 0.119. The van der Waals surface area contributed by atoms with Gasteiger partial charge >= 0.3 is 5.97 Å². The number of aromatic nitrogens is 1. The van der Waals surface area contributed by atoms with Crippen LogP contribution in [0.2, 0.25) is 0 Å². The van der Waals surface area contributed by atoms with Crippen molar-refractivity contribution in [3.8, 4) is 0 Å². The van der Waals surface area contributed by atoms with Crippen LogP contribution in [0.15, 0.2) is 42.6 Å². The predicted octanol–water partition coefficient (Wildman–Crippen LogP) is 2.19. The number of carboxylic acids is 1. The van der Waals surface area contributed by atoms with E-state index in [-0.39, 0.29) is 11.6 Å². The van der Waals surface area contributed by atoms with Crippen LogP contribution in [-0.4, -0.2) is 21.6 Å². The van der Waals surface area contributed by atoms with Crippen molar-refractivity contribution in [3.05, 3.63) is 53.9 Å². The fourth-order valence-corrected chi connectivity index (χ4v) is 1.84. The second-order valence-electron chi connectivity index (χ2n) is 4.20. The number of amides is 1. The highest BCUT2D eigenvalue weighted by molar-refractivity contribution is 5.88. The van der Waals surface area contributed by atoms with Gasteiger partial charge in [-0.05, 0) is 29.8 Å². The molecular weight excluding hydrogens is 244 g/mol. The molecule has 0 atom stereocenters. The monoisotopic (exact) mass is 258 g/mol. The molecule has 5 nitrogen and oxygen atoms in total. The summed E-state index contributed by atoms with van der Waals surface area (Å²) in [6.07, 6.45) is 1.73. The second kappa shape index (κ2) is 5.39. The molecule has 5 heteroatoms. The first kappa shape index (κ1) is 12.9. The van der Waals surface area contributed by atoms with Gasteiger partial charge in [0.1, 0.15) is 5.69 Å². The molecule has 2 rings (SSSR count). The zero-order chi connectivity index (χ0) is 13.8. The lowest BCUT2D eigenvalue weighted by atomic mass is 10.2. The quantitative estimate of drug-likeness (QED) is 0.883. The molecule has 0 saturated heterocycles. The number of hydrogen-bond donors (Lipinski definition) is 2. The summed E-state index contributed by atoms with van der Waals surface area (Å²) in [7, 11) is 0. The third-order valence-electron chi connectivity index (χ3n) is 2.68. The maximum atomic E-state index is 11.0. The molecule has 0 aliphatic heterocycles. The first-order valence-corrected chi connectivity index (χ1v) is 5.81. The van der Waals surface area contributed by atoms with E-state index < -0.39 is 5.97 Å². The van der Waals surface area contributed by atoms with Gasteiger partial charge in [0, 0.05) is 25.4 Å². The number of carbonyl (C=O) groups excluding carboxylic acids is 1. The fourth-order valence-electron chi connectivity index (χ4n) is 1.84. The molecular formula is C14H14N2O3. The number of aromatic carboxylic acids is 1. The number of carboxylic acid groups (broad SMARTS) is 1. The summed E-state index contributed by atoms with van der Waals surface area (Å²) in [5.41, 5.74) is 1.95. The van der Waals surface area contributed by atoms with Gasteiger partial charge in [0.15, 0.2) is 0 Å². The Balaban J connectivity index is 2.13. The van der Waals surface area contributed by atoms with Gasteiger partial charge in [-0.15, -0.1) is 0 Å². The summed E-state index contributed by atoms with van der Waals surface area (Å²) in [6, 6.07) is 10.6. The van der Waals surface area contributed by atoms with E-state index in [4.69, 9.17) is 5.11 Å². The highest BCUT2D eigenvalue weighted by atomic mass is 16.4. The topological polar surface area (TPSA) is 71.3 Å². The average Bonchev–Trinajstić information content (AvgIpc) is 2.79. The number of rotatable bonds is 4. The second-order valence-corrected chi connectivity index (χ2v) is 4.20. The molecule has 0 bridgehead atoms. The van der Waals surface area contributed by atoms with E-state index in [1.165, 1.54) is 6.92 Å². The Bertz CT molecular complexity index is 599. The van der Waals surface area contributed by atoms with Gasteiger partial charge in [0.05, 0.1) is 0 Å². The van der Waals surface area contributed by atoms with Crippen molar-refractivity contribution < 1.29 is 14.7 Å². The van der Waals surface area contributed by atoms with E-state index in [1.54, 1.807) is 35.0 Å². The normalized spacial score (nSPS) is 10.2. The molecule has 0 aliphatic carbocycles. The van der Waals surface area contributed by atoms with Crippen LogP contribution in [-0.2, 0) is 11.3 Å². The molecule has 2 N–H and O–H groups in total. The molecule has 0 spiro atoms. The SMILES string of the molecule is CC(=O)Nc1ccc(Cn2cccc2C(=O)O)cc1. The summed E-state index contributed by atoms with van der Waals surface area (Å²) in [5.74, 6) is -1.06. The largest absolute Gasteiger partial charge is 0.477 e. The number of nitrogens with one attached hydrogen (secondary N) is 1. The van der Waals surface area contributed by atoms with Crippen LogP contribution >= 0.6 is 0 Å². The van der Waals surface area contributed by atoms with Gasteiger partial charge in [-0.3, -0.25) is 4.79 Å². The summed E-state index contributed by atoms with van der Waals surface area (Å²) in [6.45, 7) is 1.93. The highest BCUT2D eigenvalue weighted by Crippen LogP contribution is 2.12. The van der Waals surface area contributed by atoms with Gasteiger partial charge in [-0.2, -0.15) is 0 Å². The first-order chi connectivity index (χ1) is 9.06. The first-order valence-electron chi connectivity index (χ1n) is 5.81. The number of carbonyl (C=O) groups is 2. The van der Waals surface area contributed by atoms with Crippen molar-refractivity contribution >= 4 is 17.6 Å². The predicted molar refractivity (Wildman–Crippen MR) is 71.2 cm³/mol. The van der Waals surface area contributed by atoms with E-state index >= 15 is 0 Å². The molecule has 0 unspecified atom stereocenters. The van der Waals surface area contributed by atoms with Gasteiger partial charge in [0.2, 0.25) is 5.91 Å². The van der Waals surface area contributed by atoms with E-state index in [0.29, 0.717) is 6.54 Å². The Hall–Kier alpha value is -2.56. The molecule has 0 saturated carbocycles.